The van der Waals surface area contributed by atoms with E-state index < -0.39 is 0 Å². The second-order valence-corrected chi connectivity index (χ2v) is 6.89. The van der Waals surface area contributed by atoms with Crippen molar-refractivity contribution < 1.29 is 4.74 Å². The molecule has 2 fully saturated rings. The van der Waals surface area contributed by atoms with Crippen LogP contribution in [0.2, 0.25) is 0 Å². The maximum absolute atomic E-state index is 5.50. The molecule has 126 valence electrons. The van der Waals surface area contributed by atoms with Crippen LogP contribution in [0.1, 0.15) is 32.1 Å². The Morgan fingerprint density at radius 3 is 2.50 bits per heavy atom. The second-order valence-electron chi connectivity index (χ2n) is 6.89. The molecular weight excluding hydrogens is 276 g/mol. The first kappa shape index (κ1) is 17.3. The molecule has 0 saturated carbocycles. The molecule has 5 heteroatoms. The van der Waals surface area contributed by atoms with Gasteiger partial charge in [-0.25, -0.2) is 0 Å². The normalized spacial score (nSPS) is 23.0. The number of methoxy groups -OCH3 is 1. The summed E-state index contributed by atoms with van der Waals surface area (Å²) in [6.45, 7) is 8.94. The summed E-state index contributed by atoms with van der Waals surface area (Å²) in [5, 5.41) is 9.55. The van der Waals surface area contributed by atoms with Gasteiger partial charge in [0.2, 0.25) is 0 Å². The molecule has 1 N–H and O–H groups in total. The molecule has 2 heterocycles. The monoisotopic (exact) mass is 308 g/mol. The molecule has 0 aromatic carbocycles. The topological polar surface area (TPSA) is 40.1 Å². The highest BCUT2D eigenvalue weighted by molar-refractivity contribution is 5.63. The van der Waals surface area contributed by atoms with Crippen LogP contribution in [0.3, 0.4) is 0 Å². The van der Waals surface area contributed by atoms with E-state index in [9.17, 15) is 0 Å². The van der Waals surface area contributed by atoms with Gasteiger partial charge < -0.3 is 20.0 Å². The third-order valence-corrected chi connectivity index (χ3v) is 5.14. The Labute approximate surface area is 135 Å². The van der Waals surface area contributed by atoms with E-state index in [1.54, 1.807) is 12.1 Å². The summed E-state index contributed by atoms with van der Waals surface area (Å²) in [5.41, 5.74) is 1.77. The number of piperidine rings is 2. The molecule has 22 heavy (non-hydrogen) atoms. The largest absolute Gasteiger partial charge is 0.375 e. The lowest BCUT2D eigenvalue weighted by molar-refractivity contribution is 0.0831. The SMILES string of the molecule is C=C(CC(/C=N\N(C)C)OC)N1CCC2(CCNCC2)CC1. The van der Waals surface area contributed by atoms with Gasteiger partial charge in [-0.15, -0.1) is 0 Å². The van der Waals surface area contributed by atoms with E-state index in [4.69, 9.17) is 4.74 Å². The Morgan fingerprint density at radius 2 is 1.95 bits per heavy atom. The number of ether oxygens (including phenoxy) is 1. The van der Waals surface area contributed by atoms with Gasteiger partial charge in [0.25, 0.3) is 0 Å². The third-order valence-electron chi connectivity index (χ3n) is 5.14. The minimum atomic E-state index is 0.00432. The zero-order chi connectivity index (χ0) is 16.0. The summed E-state index contributed by atoms with van der Waals surface area (Å²) in [6, 6.07) is 0. The fourth-order valence-corrected chi connectivity index (χ4v) is 3.52. The Balaban J connectivity index is 1.81. The summed E-state index contributed by atoms with van der Waals surface area (Å²) in [4.78, 5) is 2.45. The molecule has 2 rings (SSSR count). The zero-order valence-electron chi connectivity index (χ0n) is 14.5. The number of nitrogens with one attached hydrogen (secondary N) is 1. The Morgan fingerprint density at radius 1 is 1.32 bits per heavy atom. The molecule has 0 radical (unpaired) electrons. The maximum atomic E-state index is 5.50. The van der Waals surface area contributed by atoms with E-state index in [1.165, 1.54) is 44.5 Å². The number of likely N-dealkylation sites (tertiary alicyclic amines) is 1. The zero-order valence-corrected chi connectivity index (χ0v) is 14.5. The number of rotatable bonds is 6. The summed E-state index contributed by atoms with van der Waals surface area (Å²) >= 11 is 0. The molecule has 0 amide bonds. The first-order valence-electron chi connectivity index (χ1n) is 8.42. The molecule has 2 aliphatic rings. The number of hydrogen-bond acceptors (Lipinski definition) is 5. The molecule has 2 saturated heterocycles. The van der Waals surface area contributed by atoms with Crippen LogP contribution < -0.4 is 5.32 Å². The summed E-state index contributed by atoms with van der Waals surface area (Å²) in [5.74, 6) is 0. The van der Waals surface area contributed by atoms with Crippen LogP contribution >= 0.6 is 0 Å². The van der Waals surface area contributed by atoms with Crippen LogP contribution in [0.5, 0.6) is 0 Å². The smallest absolute Gasteiger partial charge is 0.0994 e. The molecule has 5 nitrogen and oxygen atoms in total. The lowest BCUT2D eigenvalue weighted by Crippen LogP contribution is -2.45. The molecule has 0 aromatic heterocycles. The first-order valence-corrected chi connectivity index (χ1v) is 8.42. The highest BCUT2D eigenvalue weighted by Gasteiger charge is 2.35. The summed E-state index contributed by atoms with van der Waals surface area (Å²) in [7, 11) is 5.57. The fourth-order valence-electron chi connectivity index (χ4n) is 3.52. The van der Waals surface area contributed by atoms with Gasteiger partial charge in [-0.05, 0) is 44.2 Å². The van der Waals surface area contributed by atoms with E-state index in [-0.39, 0.29) is 6.10 Å². The maximum Gasteiger partial charge on any atom is 0.0994 e. The van der Waals surface area contributed by atoms with E-state index >= 15 is 0 Å². The van der Waals surface area contributed by atoms with Crippen molar-refractivity contribution in [2.45, 2.75) is 38.2 Å². The van der Waals surface area contributed by atoms with Crippen LogP contribution in [0.15, 0.2) is 17.4 Å². The highest BCUT2D eigenvalue weighted by Crippen LogP contribution is 2.40. The molecule has 1 unspecified atom stereocenters. The molecule has 2 aliphatic heterocycles. The first-order chi connectivity index (χ1) is 10.5. The quantitative estimate of drug-likeness (QED) is 0.601. The van der Waals surface area contributed by atoms with E-state index in [0.717, 1.165) is 19.5 Å². The lowest BCUT2D eigenvalue weighted by atomic mass is 9.71. The van der Waals surface area contributed by atoms with Gasteiger partial charge in [0.15, 0.2) is 0 Å². The van der Waals surface area contributed by atoms with Crippen LogP contribution in [0.4, 0.5) is 0 Å². The van der Waals surface area contributed by atoms with Crippen molar-refractivity contribution in [3.8, 4) is 0 Å². The number of hydrazone groups is 1. The van der Waals surface area contributed by atoms with Crippen molar-refractivity contribution in [2.24, 2.45) is 10.5 Å². The van der Waals surface area contributed by atoms with Crippen LogP contribution in [-0.2, 0) is 4.74 Å². The molecule has 0 aliphatic carbocycles. The van der Waals surface area contributed by atoms with Crippen molar-refractivity contribution in [1.29, 1.82) is 0 Å². The van der Waals surface area contributed by atoms with Gasteiger partial charge in [-0.3, -0.25) is 0 Å². The molecule has 0 bridgehead atoms. The Kier molecular flexibility index (Phi) is 6.26. The fraction of sp³-hybridized carbons (Fsp3) is 0.824. The second kappa shape index (κ2) is 7.97. The van der Waals surface area contributed by atoms with E-state index in [1.807, 2.05) is 20.3 Å². The highest BCUT2D eigenvalue weighted by atomic mass is 16.5. The Bertz CT molecular complexity index is 378. The van der Waals surface area contributed by atoms with Gasteiger partial charge in [0.1, 0.15) is 0 Å². The third kappa shape index (κ3) is 4.71. The van der Waals surface area contributed by atoms with Gasteiger partial charge >= 0.3 is 0 Å². The summed E-state index contributed by atoms with van der Waals surface area (Å²) < 4.78 is 5.50. The standard InChI is InChI=1S/C17H32N4O/c1-15(13-16(22-4)14-19-20(2)3)21-11-7-17(8-12-21)5-9-18-10-6-17/h14,16,18H,1,5-13H2,2-4H3/b19-14-. The van der Waals surface area contributed by atoms with E-state index in [0.29, 0.717) is 5.41 Å². The van der Waals surface area contributed by atoms with Crippen LogP contribution in [-0.4, -0.2) is 69.6 Å². The predicted molar refractivity (Wildman–Crippen MR) is 92.1 cm³/mol. The number of nitrogens with zero attached hydrogens (tertiary/aromatic N) is 3. The van der Waals surface area contributed by atoms with Gasteiger partial charge in [-0.1, -0.05) is 6.58 Å². The summed E-state index contributed by atoms with van der Waals surface area (Å²) in [6.07, 6.45) is 7.97. The number of hydrogen-bond donors (Lipinski definition) is 1. The van der Waals surface area contributed by atoms with Crippen molar-refractivity contribution >= 4 is 6.21 Å². The van der Waals surface area contributed by atoms with Gasteiger partial charge in [-0.2, -0.15) is 5.10 Å². The van der Waals surface area contributed by atoms with Crippen molar-refractivity contribution in [3.63, 3.8) is 0 Å². The van der Waals surface area contributed by atoms with E-state index in [2.05, 4.69) is 21.9 Å². The molecule has 1 spiro atoms. The van der Waals surface area contributed by atoms with Crippen molar-refractivity contribution in [3.05, 3.63) is 12.3 Å². The van der Waals surface area contributed by atoms with Crippen molar-refractivity contribution in [2.75, 3.05) is 47.4 Å². The predicted octanol–water partition coefficient (Wildman–Crippen LogP) is 1.92. The lowest BCUT2D eigenvalue weighted by Gasteiger charge is -2.45. The average molecular weight is 308 g/mol. The van der Waals surface area contributed by atoms with Crippen LogP contribution in [0.25, 0.3) is 0 Å². The van der Waals surface area contributed by atoms with Gasteiger partial charge in [0.05, 0.1) is 12.3 Å². The average Bonchev–Trinajstić information content (AvgIpc) is 2.52. The van der Waals surface area contributed by atoms with Crippen molar-refractivity contribution in [1.82, 2.24) is 15.2 Å². The Hall–Kier alpha value is -1.07. The van der Waals surface area contributed by atoms with Crippen LogP contribution in [0, 0.1) is 5.41 Å². The van der Waals surface area contributed by atoms with Gasteiger partial charge in [0, 0.05) is 46.4 Å². The minimum Gasteiger partial charge on any atom is -0.375 e. The minimum absolute atomic E-state index is 0.00432. The molecular formula is C17H32N4O. The molecule has 1 atom stereocenters. The molecule has 0 aromatic rings.